The Labute approximate surface area is 112 Å². The largest absolute Gasteiger partial charge is 0.369 e. The van der Waals surface area contributed by atoms with Gasteiger partial charge in [0.05, 0.1) is 0 Å². The van der Waals surface area contributed by atoms with Crippen molar-refractivity contribution in [3.05, 3.63) is 58.1 Å². The van der Waals surface area contributed by atoms with E-state index in [-0.39, 0.29) is 6.10 Å². The van der Waals surface area contributed by atoms with Gasteiger partial charge in [-0.25, -0.2) is 4.98 Å². The second-order valence-corrected chi connectivity index (χ2v) is 4.43. The number of hydrogen-bond donors (Lipinski definition) is 1. The zero-order valence-corrected chi connectivity index (χ0v) is 11.3. The minimum absolute atomic E-state index is 0.209. The van der Waals surface area contributed by atoms with E-state index < -0.39 is 0 Å². The molecule has 0 saturated heterocycles. The topological polar surface area (TPSA) is 37.9 Å². The van der Waals surface area contributed by atoms with Gasteiger partial charge in [0.25, 0.3) is 0 Å². The molecule has 0 saturated carbocycles. The quantitative estimate of drug-likeness (QED) is 0.856. The first-order valence-electron chi connectivity index (χ1n) is 5.92. The molecule has 1 N–H and O–H groups in total. The van der Waals surface area contributed by atoms with Crippen molar-refractivity contribution in [2.45, 2.75) is 19.4 Å². The highest BCUT2D eigenvalue weighted by molar-refractivity contribution is 7.71. The summed E-state index contributed by atoms with van der Waals surface area (Å²) in [5.74, 6) is 0.757. The summed E-state index contributed by atoms with van der Waals surface area (Å²) in [5.41, 5.74) is 2.13. The molecule has 2 aromatic rings. The predicted molar refractivity (Wildman–Crippen MR) is 74.1 cm³/mol. The number of aromatic nitrogens is 2. The molecule has 0 aliphatic rings. The highest BCUT2D eigenvalue weighted by atomic mass is 32.1. The molecule has 0 amide bonds. The predicted octanol–water partition coefficient (Wildman–Crippen LogP) is 3.44. The van der Waals surface area contributed by atoms with Crippen LogP contribution in [0.15, 0.2) is 36.4 Å². The molecule has 0 spiro atoms. The van der Waals surface area contributed by atoms with Crippen LogP contribution in [0, 0.1) is 4.64 Å². The van der Waals surface area contributed by atoms with Crippen LogP contribution in [0.4, 0.5) is 0 Å². The summed E-state index contributed by atoms with van der Waals surface area (Å²) in [4.78, 5) is 7.65. The van der Waals surface area contributed by atoms with Crippen molar-refractivity contribution < 1.29 is 4.74 Å². The number of rotatable bonds is 4. The fourth-order valence-electron chi connectivity index (χ4n) is 1.88. The van der Waals surface area contributed by atoms with Gasteiger partial charge in [-0.1, -0.05) is 49.5 Å². The standard InChI is InChI=1S/C14H16N2OS/c1-3-11-9-12(18)16-14(15-11)13(17-2)10-7-5-4-6-8-10/h4-9,13H,3H2,1-2H3,(H,15,16,18). The van der Waals surface area contributed by atoms with Crippen LogP contribution in [0.1, 0.15) is 30.1 Å². The second kappa shape index (κ2) is 5.89. The highest BCUT2D eigenvalue weighted by Gasteiger charge is 2.15. The maximum atomic E-state index is 5.54. The van der Waals surface area contributed by atoms with Crippen LogP contribution in [0.5, 0.6) is 0 Å². The molecule has 0 fully saturated rings. The Kier molecular flexibility index (Phi) is 4.23. The van der Waals surface area contributed by atoms with Crippen LogP contribution in [0.25, 0.3) is 0 Å². The van der Waals surface area contributed by atoms with E-state index in [1.54, 1.807) is 7.11 Å². The number of methoxy groups -OCH3 is 1. The van der Waals surface area contributed by atoms with Gasteiger partial charge in [-0.15, -0.1) is 0 Å². The molecule has 0 aliphatic heterocycles. The molecule has 1 unspecified atom stereocenters. The van der Waals surface area contributed by atoms with Crippen molar-refractivity contribution in [3.63, 3.8) is 0 Å². The zero-order chi connectivity index (χ0) is 13.0. The third-order valence-electron chi connectivity index (χ3n) is 2.78. The molecule has 94 valence electrons. The van der Waals surface area contributed by atoms with Crippen LogP contribution in [0.2, 0.25) is 0 Å². The number of H-pyrrole nitrogens is 1. The Bertz CT molecular complexity index is 566. The fourth-order valence-corrected chi connectivity index (χ4v) is 2.12. The van der Waals surface area contributed by atoms with Crippen molar-refractivity contribution in [1.82, 2.24) is 9.97 Å². The van der Waals surface area contributed by atoms with Crippen LogP contribution in [0.3, 0.4) is 0 Å². The number of benzene rings is 1. The minimum atomic E-state index is -0.209. The molecular weight excluding hydrogens is 244 g/mol. The van der Waals surface area contributed by atoms with Crippen molar-refractivity contribution in [1.29, 1.82) is 0 Å². The van der Waals surface area contributed by atoms with E-state index >= 15 is 0 Å². The summed E-state index contributed by atoms with van der Waals surface area (Å²) in [6.45, 7) is 2.08. The average Bonchev–Trinajstić information content (AvgIpc) is 2.40. The summed E-state index contributed by atoms with van der Waals surface area (Å²) in [5, 5.41) is 0. The Morgan fingerprint density at radius 2 is 2.06 bits per heavy atom. The number of ether oxygens (including phenoxy) is 1. The lowest BCUT2D eigenvalue weighted by Crippen LogP contribution is -2.09. The Hall–Kier alpha value is -1.52. The molecular formula is C14H16N2OS. The van der Waals surface area contributed by atoms with Gasteiger partial charge in [0.2, 0.25) is 0 Å². The van der Waals surface area contributed by atoms with Crippen LogP contribution < -0.4 is 0 Å². The molecule has 1 heterocycles. The summed E-state index contributed by atoms with van der Waals surface area (Å²) >= 11 is 5.18. The van der Waals surface area contributed by atoms with Gasteiger partial charge in [-0.05, 0) is 18.1 Å². The van der Waals surface area contributed by atoms with Crippen molar-refractivity contribution in [2.24, 2.45) is 0 Å². The number of aromatic amines is 1. The first-order valence-corrected chi connectivity index (χ1v) is 6.33. The zero-order valence-electron chi connectivity index (χ0n) is 10.5. The molecule has 18 heavy (non-hydrogen) atoms. The molecule has 0 bridgehead atoms. The third-order valence-corrected chi connectivity index (χ3v) is 2.99. The molecule has 2 rings (SSSR count). The van der Waals surface area contributed by atoms with Crippen molar-refractivity contribution in [2.75, 3.05) is 7.11 Å². The molecule has 1 aromatic heterocycles. The monoisotopic (exact) mass is 260 g/mol. The molecule has 1 aromatic carbocycles. The maximum absolute atomic E-state index is 5.54. The number of nitrogens with one attached hydrogen (secondary N) is 1. The van der Waals surface area contributed by atoms with Gasteiger partial charge < -0.3 is 9.72 Å². The van der Waals surface area contributed by atoms with Gasteiger partial charge >= 0.3 is 0 Å². The lowest BCUT2D eigenvalue weighted by Gasteiger charge is -2.15. The van der Waals surface area contributed by atoms with E-state index in [2.05, 4.69) is 16.9 Å². The van der Waals surface area contributed by atoms with Crippen LogP contribution in [-0.4, -0.2) is 17.1 Å². The maximum Gasteiger partial charge on any atom is 0.141 e. The van der Waals surface area contributed by atoms with E-state index in [9.17, 15) is 0 Å². The smallest absolute Gasteiger partial charge is 0.141 e. The summed E-state index contributed by atoms with van der Waals surface area (Å²) in [7, 11) is 1.68. The van der Waals surface area contributed by atoms with E-state index in [0.717, 1.165) is 23.5 Å². The first kappa shape index (κ1) is 12.9. The first-order chi connectivity index (χ1) is 8.74. The molecule has 0 radical (unpaired) electrons. The van der Waals surface area contributed by atoms with Gasteiger partial charge in [0, 0.05) is 12.8 Å². The third kappa shape index (κ3) is 2.83. The van der Waals surface area contributed by atoms with Gasteiger partial charge in [0.1, 0.15) is 16.6 Å². The minimum Gasteiger partial charge on any atom is -0.369 e. The average molecular weight is 260 g/mol. The molecule has 1 atom stereocenters. The van der Waals surface area contributed by atoms with Gasteiger partial charge in [-0.2, -0.15) is 0 Å². The Morgan fingerprint density at radius 1 is 1.33 bits per heavy atom. The highest BCUT2D eigenvalue weighted by Crippen LogP contribution is 2.22. The molecule has 4 heteroatoms. The summed E-state index contributed by atoms with van der Waals surface area (Å²) in [6.07, 6.45) is 0.684. The Balaban J connectivity index is 2.45. The molecule has 3 nitrogen and oxygen atoms in total. The van der Waals surface area contributed by atoms with E-state index in [4.69, 9.17) is 17.0 Å². The van der Waals surface area contributed by atoms with E-state index in [1.807, 2.05) is 36.4 Å². The lowest BCUT2D eigenvalue weighted by molar-refractivity contribution is 0.128. The van der Waals surface area contributed by atoms with E-state index in [1.165, 1.54) is 0 Å². The van der Waals surface area contributed by atoms with Crippen molar-refractivity contribution in [3.8, 4) is 0 Å². The summed E-state index contributed by atoms with van der Waals surface area (Å²) in [6, 6.07) is 11.9. The SMILES string of the molecule is CCc1cc(=S)nc(C(OC)c2ccccc2)[nH]1. The lowest BCUT2D eigenvalue weighted by atomic mass is 10.1. The normalized spacial score (nSPS) is 12.3. The van der Waals surface area contributed by atoms with Gasteiger partial charge in [0.15, 0.2) is 0 Å². The Morgan fingerprint density at radius 3 is 2.67 bits per heavy atom. The van der Waals surface area contributed by atoms with Crippen LogP contribution in [-0.2, 0) is 11.2 Å². The number of hydrogen-bond acceptors (Lipinski definition) is 3. The molecule has 0 aliphatic carbocycles. The van der Waals surface area contributed by atoms with Crippen LogP contribution >= 0.6 is 12.2 Å². The van der Waals surface area contributed by atoms with Gasteiger partial charge in [-0.3, -0.25) is 0 Å². The number of nitrogens with zero attached hydrogens (tertiary/aromatic N) is 1. The fraction of sp³-hybridized carbons (Fsp3) is 0.286. The van der Waals surface area contributed by atoms with Crippen molar-refractivity contribution >= 4 is 12.2 Å². The number of aryl methyl sites for hydroxylation is 1. The second-order valence-electron chi connectivity index (χ2n) is 4.01. The summed E-state index contributed by atoms with van der Waals surface area (Å²) < 4.78 is 6.13. The van der Waals surface area contributed by atoms with E-state index in [0.29, 0.717) is 4.64 Å².